The molecule has 0 aliphatic heterocycles. The van der Waals surface area contributed by atoms with Crippen LogP contribution in [-0.4, -0.2) is 36.2 Å². The van der Waals surface area contributed by atoms with Crippen molar-refractivity contribution in [2.24, 2.45) is 17.3 Å². The SMILES string of the molecule is COc1ccc(C(=O)COC(=O)CC23C[C@@H]4C[C@@H](CC(O)(C4)C2)C3)cc1F. The van der Waals surface area contributed by atoms with Gasteiger partial charge >= 0.3 is 5.97 Å². The van der Waals surface area contributed by atoms with Crippen molar-refractivity contribution in [1.82, 2.24) is 0 Å². The number of hydrogen-bond acceptors (Lipinski definition) is 5. The fourth-order valence-electron chi connectivity index (χ4n) is 6.04. The molecule has 146 valence electrons. The van der Waals surface area contributed by atoms with Crippen molar-refractivity contribution in [2.45, 2.75) is 50.5 Å². The van der Waals surface area contributed by atoms with Crippen LogP contribution in [0.5, 0.6) is 5.75 Å². The van der Waals surface area contributed by atoms with E-state index < -0.39 is 29.8 Å². The van der Waals surface area contributed by atoms with Crippen LogP contribution in [0.25, 0.3) is 0 Å². The first-order chi connectivity index (χ1) is 12.8. The molecule has 4 fully saturated rings. The highest BCUT2D eigenvalue weighted by Gasteiger charge is 2.57. The van der Waals surface area contributed by atoms with E-state index in [9.17, 15) is 19.1 Å². The highest BCUT2D eigenvalue weighted by atomic mass is 19.1. The molecule has 1 aromatic rings. The molecule has 1 aromatic carbocycles. The number of carbonyl (C=O) groups is 2. The van der Waals surface area contributed by atoms with E-state index >= 15 is 0 Å². The number of halogens is 1. The summed E-state index contributed by atoms with van der Waals surface area (Å²) in [5.74, 6) is -0.447. The molecule has 0 amide bonds. The van der Waals surface area contributed by atoms with Gasteiger partial charge in [-0.3, -0.25) is 9.59 Å². The lowest BCUT2D eigenvalue weighted by Crippen LogP contribution is -2.56. The zero-order chi connectivity index (χ0) is 19.2. The second-order valence-electron chi connectivity index (χ2n) is 8.80. The summed E-state index contributed by atoms with van der Waals surface area (Å²) in [7, 11) is 1.35. The number of benzene rings is 1. The lowest BCUT2D eigenvalue weighted by Gasteiger charge is -2.60. The highest BCUT2D eigenvalue weighted by molar-refractivity contribution is 5.98. The molecular weight excluding hydrogens is 351 g/mol. The summed E-state index contributed by atoms with van der Waals surface area (Å²) in [6, 6.07) is 3.91. The number of ether oxygens (including phenoxy) is 2. The van der Waals surface area contributed by atoms with E-state index in [1.807, 2.05) is 0 Å². The minimum absolute atomic E-state index is 0.0586. The summed E-state index contributed by atoms with van der Waals surface area (Å²) in [4.78, 5) is 24.6. The van der Waals surface area contributed by atoms with Crippen LogP contribution >= 0.6 is 0 Å². The standard InChI is InChI=1S/C21H25FO5/c1-26-18-3-2-15(5-16(18)22)17(23)11-27-19(24)10-20-6-13-4-14(7-20)9-21(25,8-13)12-20/h2-3,5,13-14,25H,4,6-12H2,1H3/t13-,14+,20?,21?. The van der Waals surface area contributed by atoms with Crippen LogP contribution in [0.15, 0.2) is 18.2 Å². The van der Waals surface area contributed by atoms with E-state index in [-0.39, 0.29) is 23.1 Å². The maximum absolute atomic E-state index is 13.7. The molecule has 2 unspecified atom stereocenters. The van der Waals surface area contributed by atoms with Crippen LogP contribution in [0.1, 0.15) is 55.3 Å². The Balaban J connectivity index is 1.35. The fourth-order valence-corrected chi connectivity index (χ4v) is 6.04. The van der Waals surface area contributed by atoms with Gasteiger partial charge in [-0.15, -0.1) is 0 Å². The average molecular weight is 376 g/mol. The van der Waals surface area contributed by atoms with Gasteiger partial charge in [0.15, 0.2) is 24.0 Å². The molecule has 5 nitrogen and oxygen atoms in total. The average Bonchev–Trinajstić information content (AvgIpc) is 2.57. The van der Waals surface area contributed by atoms with Crippen LogP contribution in [0, 0.1) is 23.1 Å². The Morgan fingerprint density at radius 3 is 2.52 bits per heavy atom. The van der Waals surface area contributed by atoms with Gasteiger partial charge in [0.05, 0.1) is 19.1 Å². The number of carbonyl (C=O) groups excluding carboxylic acids is 2. The van der Waals surface area contributed by atoms with Gasteiger partial charge in [-0.2, -0.15) is 0 Å². The van der Waals surface area contributed by atoms with Crippen molar-refractivity contribution >= 4 is 11.8 Å². The number of aliphatic hydroxyl groups is 1. The zero-order valence-corrected chi connectivity index (χ0v) is 15.5. The normalized spacial score (nSPS) is 33.7. The van der Waals surface area contributed by atoms with Crippen LogP contribution in [0.3, 0.4) is 0 Å². The molecule has 6 heteroatoms. The van der Waals surface area contributed by atoms with Gasteiger partial charge in [0.1, 0.15) is 0 Å². The van der Waals surface area contributed by atoms with Gasteiger partial charge in [-0.05, 0) is 74.0 Å². The molecule has 1 N–H and O–H groups in total. The number of methoxy groups -OCH3 is 1. The van der Waals surface area contributed by atoms with Gasteiger partial charge < -0.3 is 14.6 Å². The Morgan fingerprint density at radius 1 is 1.22 bits per heavy atom. The number of hydrogen-bond donors (Lipinski definition) is 1. The third-order valence-electron chi connectivity index (χ3n) is 6.51. The van der Waals surface area contributed by atoms with Gasteiger partial charge in [0.25, 0.3) is 0 Å². The molecule has 0 radical (unpaired) electrons. The Bertz CT molecular complexity index is 760. The molecule has 5 rings (SSSR count). The second-order valence-corrected chi connectivity index (χ2v) is 8.80. The van der Waals surface area contributed by atoms with Crippen LogP contribution < -0.4 is 4.74 Å². The first-order valence-corrected chi connectivity index (χ1v) is 9.55. The fraction of sp³-hybridized carbons (Fsp3) is 0.619. The molecule has 0 saturated heterocycles. The predicted octanol–water partition coefficient (Wildman–Crippen LogP) is 3.28. The number of rotatable bonds is 6. The smallest absolute Gasteiger partial charge is 0.306 e. The van der Waals surface area contributed by atoms with Crippen molar-refractivity contribution in [3.63, 3.8) is 0 Å². The third kappa shape index (κ3) is 3.59. The topological polar surface area (TPSA) is 72.8 Å². The van der Waals surface area contributed by atoms with Gasteiger partial charge in [-0.1, -0.05) is 0 Å². The lowest BCUT2D eigenvalue weighted by atomic mass is 9.47. The maximum Gasteiger partial charge on any atom is 0.306 e. The number of Topliss-reactive ketones (excluding diaryl/α,β-unsaturated/α-hetero) is 1. The molecule has 4 saturated carbocycles. The van der Waals surface area contributed by atoms with Crippen molar-refractivity contribution in [3.05, 3.63) is 29.6 Å². The Labute approximate surface area is 157 Å². The molecule has 4 aliphatic rings. The molecule has 0 aromatic heterocycles. The Morgan fingerprint density at radius 2 is 1.93 bits per heavy atom. The highest BCUT2D eigenvalue weighted by Crippen LogP contribution is 2.62. The van der Waals surface area contributed by atoms with E-state index in [4.69, 9.17) is 9.47 Å². The largest absolute Gasteiger partial charge is 0.494 e. The third-order valence-corrected chi connectivity index (χ3v) is 6.51. The number of ketones is 1. The molecule has 4 bridgehead atoms. The minimum Gasteiger partial charge on any atom is -0.494 e. The van der Waals surface area contributed by atoms with E-state index in [1.54, 1.807) is 0 Å². The van der Waals surface area contributed by atoms with Crippen LogP contribution in [0.4, 0.5) is 4.39 Å². The van der Waals surface area contributed by atoms with E-state index in [0.29, 0.717) is 18.3 Å². The predicted molar refractivity (Wildman–Crippen MR) is 94.9 cm³/mol. The summed E-state index contributed by atoms with van der Waals surface area (Å²) < 4.78 is 23.8. The monoisotopic (exact) mass is 376 g/mol. The second kappa shape index (κ2) is 6.59. The molecule has 0 heterocycles. The lowest BCUT2D eigenvalue weighted by molar-refractivity contribution is -0.176. The van der Waals surface area contributed by atoms with Crippen LogP contribution in [0.2, 0.25) is 0 Å². The molecular formula is C21H25FO5. The van der Waals surface area contributed by atoms with Gasteiger partial charge in [-0.25, -0.2) is 4.39 Å². The van der Waals surface area contributed by atoms with E-state index in [1.165, 1.54) is 19.2 Å². The molecule has 4 aliphatic carbocycles. The first kappa shape index (κ1) is 18.4. The van der Waals surface area contributed by atoms with Crippen molar-refractivity contribution in [2.75, 3.05) is 13.7 Å². The Hall–Kier alpha value is -1.95. The molecule has 27 heavy (non-hydrogen) atoms. The van der Waals surface area contributed by atoms with Crippen molar-refractivity contribution in [3.8, 4) is 5.75 Å². The summed E-state index contributed by atoms with van der Waals surface area (Å²) in [5, 5.41) is 10.8. The first-order valence-electron chi connectivity index (χ1n) is 9.55. The summed E-state index contributed by atoms with van der Waals surface area (Å²) in [5.41, 5.74) is -0.670. The summed E-state index contributed by atoms with van der Waals surface area (Å²) in [6.07, 6.45) is 5.66. The van der Waals surface area contributed by atoms with Crippen molar-refractivity contribution < 1.29 is 28.6 Å². The summed E-state index contributed by atoms with van der Waals surface area (Å²) >= 11 is 0. The number of esters is 1. The minimum atomic E-state index is -0.628. The van der Waals surface area contributed by atoms with Crippen molar-refractivity contribution in [1.29, 1.82) is 0 Å². The van der Waals surface area contributed by atoms with Gasteiger partial charge in [0.2, 0.25) is 0 Å². The van der Waals surface area contributed by atoms with E-state index in [0.717, 1.165) is 38.2 Å². The Kier molecular flexibility index (Phi) is 4.49. The molecule has 4 atom stereocenters. The van der Waals surface area contributed by atoms with Crippen LogP contribution in [-0.2, 0) is 9.53 Å². The summed E-state index contributed by atoms with van der Waals surface area (Å²) in [6.45, 7) is -0.405. The zero-order valence-electron chi connectivity index (χ0n) is 15.5. The quantitative estimate of drug-likeness (QED) is 0.609. The van der Waals surface area contributed by atoms with E-state index in [2.05, 4.69) is 0 Å². The molecule has 0 spiro atoms. The van der Waals surface area contributed by atoms with Gasteiger partial charge in [0, 0.05) is 5.56 Å². The maximum atomic E-state index is 13.7.